The normalized spacial score (nSPS) is 10.9. The van der Waals surface area contributed by atoms with Crippen LogP contribution < -0.4 is 5.56 Å². The van der Waals surface area contributed by atoms with E-state index in [1.165, 1.54) is 0 Å². The third kappa shape index (κ3) is 2.56. The van der Waals surface area contributed by atoms with E-state index in [0.29, 0.717) is 10.9 Å². The largest absolute Gasteiger partial charge is 0.507 e. The smallest absolute Gasteiger partial charge is 0.294 e. The lowest BCUT2D eigenvalue weighted by Crippen LogP contribution is -2.04. The number of aromatic hydroxyl groups is 3. The summed E-state index contributed by atoms with van der Waals surface area (Å²) in [5.41, 5.74) is 3.07. The van der Waals surface area contributed by atoms with E-state index in [0.717, 1.165) is 22.3 Å². The summed E-state index contributed by atoms with van der Waals surface area (Å²) in [6.45, 7) is 0. The minimum atomic E-state index is -0.727. The predicted octanol–water partition coefficient (Wildman–Crippen LogP) is 3.98. The number of para-hydroxylation sites is 1. The van der Waals surface area contributed by atoms with Gasteiger partial charge in [-0.3, -0.25) is 4.79 Å². The van der Waals surface area contributed by atoms with Crippen LogP contribution >= 0.6 is 0 Å². The van der Waals surface area contributed by atoms with E-state index in [4.69, 9.17) is 0 Å². The van der Waals surface area contributed by atoms with Gasteiger partial charge in [0.1, 0.15) is 5.75 Å². The molecule has 1 heterocycles. The van der Waals surface area contributed by atoms with E-state index in [1.807, 2.05) is 42.5 Å². The summed E-state index contributed by atoms with van der Waals surface area (Å²) in [5.74, 6) is -0.906. The Morgan fingerprint density at radius 2 is 1.35 bits per heavy atom. The number of phenolic OH excluding ortho intramolecular Hbond substituents is 1. The molecule has 0 aliphatic heterocycles. The number of rotatable bonds is 2. The van der Waals surface area contributed by atoms with E-state index >= 15 is 0 Å². The highest BCUT2D eigenvalue weighted by atomic mass is 16.3. The van der Waals surface area contributed by atoms with Crippen LogP contribution in [0.1, 0.15) is 0 Å². The van der Waals surface area contributed by atoms with Gasteiger partial charge in [0.05, 0.1) is 5.52 Å². The maximum Gasteiger partial charge on any atom is 0.294 e. The monoisotopic (exact) mass is 345 g/mol. The molecule has 0 fully saturated rings. The summed E-state index contributed by atoms with van der Waals surface area (Å²) in [5, 5.41) is 30.0. The lowest BCUT2D eigenvalue weighted by molar-refractivity contribution is 0.402. The summed E-state index contributed by atoms with van der Waals surface area (Å²) < 4.78 is 0. The summed E-state index contributed by atoms with van der Waals surface area (Å²) in [6.07, 6.45) is 0. The van der Waals surface area contributed by atoms with Crippen molar-refractivity contribution >= 4 is 10.9 Å². The maximum atomic E-state index is 11.5. The molecule has 0 atom stereocenters. The Hall–Kier alpha value is -3.73. The molecule has 4 rings (SSSR count). The molecular formula is C21H15NO4. The molecule has 0 spiro atoms. The summed E-state index contributed by atoms with van der Waals surface area (Å²) in [4.78, 5) is 14.0. The molecule has 5 nitrogen and oxygen atoms in total. The Morgan fingerprint density at radius 3 is 2.08 bits per heavy atom. The van der Waals surface area contributed by atoms with Crippen molar-refractivity contribution in [2.24, 2.45) is 0 Å². The number of benzene rings is 3. The lowest BCUT2D eigenvalue weighted by Gasteiger charge is -2.08. The predicted molar refractivity (Wildman–Crippen MR) is 100 cm³/mol. The van der Waals surface area contributed by atoms with Gasteiger partial charge in [-0.25, -0.2) is 0 Å². The molecule has 0 bridgehead atoms. The van der Waals surface area contributed by atoms with Crippen molar-refractivity contribution in [3.05, 3.63) is 77.1 Å². The molecule has 0 saturated carbocycles. The van der Waals surface area contributed by atoms with Crippen molar-refractivity contribution < 1.29 is 15.3 Å². The number of nitrogens with one attached hydrogen (secondary N) is 1. The second-order valence-corrected chi connectivity index (χ2v) is 6.01. The molecule has 4 N–H and O–H groups in total. The third-order valence-electron chi connectivity index (χ3n) is 4.40. The number of hydrogen-bond acceptors (Lipinski definition) is 4. The van der Waals surface area contributed by atoms with Crippen LogP contribution in [0.3, 0.4) is 0 Å². The molecule has 0 saturated heterocycles. The minimum absolute atomic E-state index is 0.218. The Balaban J connectivity index is 1.78. The first-order chi connectivity index (χ1) is 12.5. The highest BCUT2D eigenvalue weighted by Gasteiger charge is 2.11. The van der Waals surface area contributed by atoms with Crippen molar-refractivity contribution in [2.45, 2.75) is 0 Å². The van der Waals surface area contributed by atoms with E-state index in [1.54, 1.807) is 24.3 Å². The third-order valence-corrected chi connectivity index (χ3v) is 4.40. The fourth-order valence-electron chi connectivity index (χ4n) is 3.01. The van der Waals surface area contributed by atoms with Crippen LogP contribution in [0.25, 0.3) is 33.2 Å². The Morgan fingerprint density at radius 1 is 0.692 bits per heavy atom. The van der Waals surface area contributed by atoms with Gasteiger partial charge < -0.3 is 20.3 Å². The van der Waals surface area contributed by atoms with Gasteiger partial charge in [-0.15, -0.1) is 0 Å². The van der Waals surface area contributed by atoms with E-state index in [-0.39, 0.29) is 5.75 Å². The van der Waals surface area contributed by atoms with Crippen LogP contribution in [0.15, 0.2) is 71.5 Å². The minimum Gasteiger partial charge on any atom is -0.507 e. The molecule has 1 aromatic heterocycles. The number of hydrogen-bond donors (Lipinski definition) is 4. The topological polar surface area (TPSA) is 93.6 Å². The molecular weight excluding hydrogens is 330 g/mol. The summed E-state index contributed by atoms with van der Waals surface area (Å²) in [6, 6.07) is 20.0. The van der Waals surface area contributed by atoms with Crippen LogP contribution in [-0.4, -0.2) is 20.3 Å². The van der Waals surface area contributed by atoms with Crippen molar-refractivity contribution in [3.63, 3.8) is 0 Å². The number of phenols is 1. The standard InChI is InChI=1S/C21H15NO4/c23-18-4-2-1-3-15(18)13-7-5-12(6-8-13)14-9-10-17-16(11-14)19(24)20(25)21(26)22-17/h1-11,23,25H,(H2,22,24,26). The van der Waals surface area contributed by atoms with Gasteiger partial charge in [0.25, 0.3) is 5.56 Å². The van der Waals surface area contributed by atoms with Gasteiger partial charge in [0, 0.05) is 10.9 Å². The zero-order chi connectivity index (χ0) is 18.3. The zero-order valence-electron chi connectivity index (χ0n) is 13.6. The first-order valence-electron chi connectivity index (χ1n) is 8.01. The average molecular weight is 345 g/mol. The Bertz CT molecular complexity index is 1180. The quantitative estimate of drug-likeness (QED) is 0.442. The second-order valence-electron chi connectivity index (χ2n) is 6.01. The first kappa shape index (κ1) is 15.8. The second kappa shape index (κ2) is 5.97. The van der Waals surface area contributed by atoms with Crippen LogP contribution in [0.2, 0.25) is 0 Å². The van der Waals surface area contributed by atoms with E-state index in [9.17, 15) is 20.1 Å². The maximum absolute atomic E-state index is 11.5. The van der Waals surface area contributed by atoms with Gasteiger partial charge in [-0.2, -0.15) is 0 Å². The fraction of sp³-hybridized carbons (Fsp3) is 0. The zero-order valence-corrected chi connectivity index (χ0v) is 13.6. The van der Waals surface area contributed by atoms with Crippen LogP contribution in [0.5, 0.6) is 17.2 Å². The van der Waals surface area contributed by atoms with Crippen LogP contribution in [0.4, 0.5) is 0 Å². The van der Waals surface area contributed by atoms with Crippen molar-refractivity contribution in [3.8, 4) is 39.5 Å². The number of pyridine rings is 1. The number of aromatic amines is 1. The van der Waals surface area contributed by atoms with E-state index < -0.39 is 17.1 Å². The molecule has 0 unspecified atom stereocenters. The van der Waals surface area contributed by atoms with Gasteiger partial charge in [0.2, 0.25) is 5.75 Å². The Kier molecular flexibility index (Phi) is 3.62. The van der Waals surface area contributed by atoms with Gasteiger partial charge >= 0.3 is 0 Å². The molecule has 0 radical (unpaired) electrons. The van der Waals surface area contributed by atoms with Crippen molar-refractivity contribution in [2.75, 3.05) is 0 Å². The van der Waals surface area contributed by atoms with Gasteiger partial charge in [-0.05, 0) is 34.9 Å². The molecule has 0 aliphatic rings. The van der Waals surface area contributed by atoms with E-state index in [2.05, 4.69) is 4.98 Å². The Labute approximate surface area is 148 Å². The number of aromatic nitrogens is 1. The number of fused-ring (bicyclic) bond motifs is 1. The highest BCUT2D eigenvalue weighted by Crippen LogP contribution is 2.34. The van der Waals surface area contributed by atoms with Crippen LogP contribution in [0, 0.1) is 0 Å². The average Bonchev–Trinajstić information content (AvgIpc) is 2.67. The molecule has 26 heavy (non-hydrogen) atoms. The van der Waals surface area contributed by atoms with Gasteiger partial charge in [-0.1, -0.05) is 48.5 Å². The first-order valence-corrected chi connectivity index (χ1v) is 8.01. The van der Waals surface area contributed by atoms with Crippen molar-refractivity contribution in [1.82, 2.24) is 4.98 Å². The molecule has 4 aromatic rings. The number of H-pyrrole nitrogens is 1. The SMILES string of the molecule is O=c1[nH]c2ccc(-c3ccc(-c4ccccc4O)cc3)cc2c(O)c1O. The molecule has 128 valence electrons. The molecule has 0 amide bonds. The summed E-state index contributed by atoms with van der Waals surface area (Å²) >= 11 is 0. The lowest BCUT2D eigenvalue weighted by atomic mass is 9.98. The van der Waals surface area contributed by atoms with Crippen molar-refractivity contribution in [1.29, 1.82) is 0 Å². The van der Waals surface area contributed by atoms with Gasteiger partial charge in [0.15, 0.2) is 5.75 Å². The fourth-order valence-corrected chi connectivity index (χ4v) is 3.01. The summed E-state index contributed by atoms with van der Waals surface area (Å²) in [7, 11) is 0. The highest BCUT2D eigenvalue weighted by molar-refractivity contribution is 5.91. The molecule has 0 aliphatic carbocycles. The van der Waals surface area contributed by atoms with Crippen LogP contribution in [-0.2, 0) is 0 Å². The molecule has 5 heteroatoms. The molecule has 3 aromatic carbocycles.